The zero-order valence-electron chi connectivity index (χ0n) is 12.7. The van der Waals surface area contributed by atoms with E-state index in [9.17, 15) is 0 Å². The lowest BCUT2D eigenvalue weighted by atomic mass is 10.1. The maximum absolute atomic E-state index is 5.88. The molecule has 0 amide bonds. The highest BCUT2D eigenvalue weighted by Crippen LogP contribution is 2.26. The Morgan fingerprint density at radius 3 is 2.90 bits per heavy atom. The van der Waals surface area contributed by atoms with Crippen molar-refractivity contribution in [3.63, 3.8) is 0 Å². The van der Waals surface area contributed by atoms with Gasteiger partial charge in [-0.15, -0.1) is 0 Å². The molecule has 1 unspecified atom stereocenters. The third-order valence-corrected chi connectivity index (χ3v) is 4.49. The van der Waals surface area contributed by atoms with E-state index in [1.807, 2.05) is 12.1 Å². The molecule has 1 aromatic carbocycles. The molecule has 0 saturated carbocycles. The number of hydrogen-bond acceptors (Lipinski definition) is 3. The van der Waals surface area contributed by atoms with E-state index in [0.717, 1.165) is 18.7 Å². The highest BCUT2D eigenvalue weighted by molar-refractivity contribution is 7.80. The Morgan fingerprint density at radius 1 is 1.50 bits per heavy atom. The molecule has 1 heterocycles. The molecule has 0 aromatic heterocycles. The first-order chi connectivity index (χ1) is 9.54. The fourth-order valence-electron chi connectivity index (χ4n) is 3.29. The van der Waals surface area contributed by atoms with Crippen LogP contribution in [-0.2, 0) is 0 Å². The van der Waals surface area contributed by atoms with Crippen molar-refractivity contribution in [3.8, 4) is 0 Å². The van der Waals surface area contributed by atoms with Gasteiger partial charge in [0.05, 0.1) is 0 Å². The van der Waals surface area contributed by atoms with Crippen LogP contribution in [0.2, 0.25) is 0 Å². The molecule has 110 valence electrons. The number of nitrogens with two attached hydrogens (primary N) is 1. The van der Waals surface area contributed by atoms with Crippen molar-refractivity contribution >= 4 is 22.9 Å². The van der Waals surface area contributed by atoms with Gasteiger partial charge < -0.3 is 10.6 Å². The highest BCUT2D eigenvalue weighted by atomic mass is 32.1. The van der Waals surface area contributed by atoms with Gasteiger partial charge in [-0.1, -0.05) is 31.3 Å². The zero-order chi connectivity index (χ0) is 14.7. The summed E-state index contributed by atoms with van der Waals surface area (Å²) in [5.41, 5.74) is 9.28. The Balaban J connectivity index is 2.20. The number of nitrogens with zero attached hydrogens (tertiary/aromatic N) is 2. The first-order valence-corrected chi connectivity index (χ1v) is 7.80. The lowest BCUT2D eigenvalue weighted by Gasteiger charge is -2.31. The van der Waals surface area contributed by atoms with Gasteiger partial charge in [-0.25, -0.2) is 0 Å². The van der Waals surface area contributed by atoms with Gasteiger partial charge in [-0.05, 0) is 44.5 Å². The fraction of sp³-hybridized carbons (Fsp3) is 0.562. The smallest absolute Gasteiger partial charge is 0.106 e. The van der Waals surface area contributed by atoms with Crippen molar-refractivity contribution in [1.29, 1.82) is 0 Å². The summed E-state index contributed by atoms with van der Waals surface area (Å²) in [6.45, 7) is 7.76. The van der Waals surface area contributed by atoms with Crippen LogP contribution in [0.1, 0.15) is 30.9 Å². The monoisotopic (exact) mass is 291 g/mol. The van der Waals surface area contributed by atoms with Gasteiger partial charge in [-0.3, -0.25) is 4.90 Å². The first-order valence-electron chi connectivity index (χ1n) is 7.39. The molecule has 0 spiro atoms. The predicted molar refractivity (Wildman–Crippen MR) is 90.6 cm³/mol. The van der Waals surface area contributed by atoms with Crippen molar-refractivity contribution < 1.29 is 0 Å². The fourth-order valence-corrected chi connectivity index (χ4v) is 3.45. The third-order valence-electron chi connectivity index (χ3n) is 4.27. The van der Waals surface area contributed by atoms with Gasteiger partial charge in [0, 0.05) is 30.9 Å². The van der Waals surface area contributed by atoms with Crippen LogP contribution >= 0.6 is 12.2 Å². The summed E-state index contributed by atoms with van der Waals surface area (Å²) in [5.74, 6) is 0. The average Bonchev–Trinajstić information content (AvgIpc) is 2.85. The standard InChI is InChI=1S/C16H25N3S/c1-4-19-10-6-8-13(19)11-18(3)15-12(2)7-5-9-14(15)16(17)20/h5,7,9,13H,4,6,8,10-11H2,1-3H3,(H2,17,20). The molecule has 20 heavy (non-hydrogen) atoms. The lowest BCUT2D eigenvalue weighted by Crippen LogP contribution is -2.39. The third kappa shape index (κ3) is 3.13. The van der Waals surface area contributed by atoms with Crippen molar-refractivity contribution in [2.45, 2.75) is 32.7 Å². The molecular weight excluding hydrogens is 266 g/mol. The minimum absolute atomic E-state index is 0.481. The Kier molecular flexibility index (Phi) is 5.00. The average molecular weight is 291 g/mol. The number of thiocarbonyl (C=S) groups is 1. The van der Waals surface area contributed by atoms with Crippen molar-refractivity contribution in [3.05, 3.63) is 29.3 Å². The van der Waals surface area contributed by atoms with Crippen LogP contribution in [0.25, 0.3) is 0 Å². The van der Waals surface area contributed by atoms with Crippen molar-refractivity contribution in [1.82, 2.24) is 4.90 Å². The Bertz CT molecular complexity index is 487. The number of likely N-dealkylation sites (N-methyl/N-ethyl adjacent to an activating group) is 2. The number of hydrogen-bond donors (Lipinski definition) is 1. The molecule has 0 aliphatic carbocycles. The molecule has 3 nitrogen and oxygen atoms in total. The molecule has 1 aliphatic heterocycles. The summed E-state index contributed by atoms with van der Waals surface area (Å²) in [6, 6.07) is 6.81. The SMILES string of the molecule is CCN1CCCC1CN(C)c1c(C)cccc1C(N)=S. The Hall–Kier alpha value is -1.13. The maximum atomic E-state index is 5.88. The van der Waals surface area contributed by atoms with E-state index in [1.165, 1.54) is 30.6 Å². The highest BCUT2D eigenvalue weighted by Gasteiger charge is 2.25. The second-order valence-electron chi connectivity index (χ2n) is 5.64. The van der Waals surface area contributed by atoms with Gasteiger partial charge in [-0.2, -0.15) is 0 Å². The minimum atomic E-state index is 0.481. The number of para-hydroxylation sites is 1. The van der Waals surface area contributed by atoms with Gasteiger partial charge in [0.25, 0.3) is 0 Å². The number of likely N-dealkylation sites (tertiary alicyclic amines) is 1. The largest absolute Gasteiger partial charge is 0.389 e. The molecule has 1 fully saturated rings. The van der Waals surface area contributed by atoms with Crippen LogP contribution in [0.15, 0.2) is 18.2 Å². The predicted octanol–water partition coefficient (Wildman–Crippen LogP) is 2.55. The van der Waals surface area contributed by atoms with E-state index in [-0.39, 0.29) is 0 Å². The molecule has 4 heteroatoms. The molecule has 0 radical (unpaired) electrons. The first kappa shape index (κ1) is 15.3. The molecule has 1 atom stereocenters. The number of benzene rings is 1. The zero-order valence-corrected chi connectivity index (χ0v) is 13.5. The molecule has 1 aromatic rings. The van der Waals surface area contributed by atoms with Gasteiger partial charge in [0.15, 0.2) is 0 Å². The summed E-state index contributed by atoms with van der Waals surface area (Å²) in [6.07, 6.45) is 2.59. The summed E-state index contributed by atoms with van der Waals surface area (Å²) in [7, 11) is 2.15. The van der Waals surface area contributed by atoms with Crippen LogP contribution in [0, 0.1) is 6.92 Å². The van der Waals surface area contributed by atoms with Crippen LogP contribution in [0.5, 0.6) is 0 Å². The molecule has 2 rings (SSSR count). The summed E-state index contributed by atoms with van der Waals surface area (Å²) in [4.78, 5) is 5.37. The Labute approximate surface area is 127 Å². The number of anilines is 1. The number of aryl methyl sites for hydroxylation is 1. The topological polar surface area (TPSA) is 32.5 Å². The van der Waals surface area contributed by atoms with E-state index in [2.05, 4.69) is 36.8 Å². The van der Waals surface area contributed by atoms with E-state index in [4.69, 9.17) is 18.0 Å². The molecule has 1 aliphatic rings. The molecule has 0 bridgehead atoms. The lowest BCUT2D eigenvalue weighted by molar-refractivity contribution is 0.270. The molecule has 1 saturated heterocycles. The molecular formula is C16H25N3S. The second-order valence-corrected chi connectivity index (χ2v) is 6.08. The summed E-state index contributed by atoms with van der Waals surface area (Å²) in [5, 5.41) is 0. The van der Waals surface area contributed by atoms with Crippen LogP contribution in [-0.4, -0.2) is 42.6 Å². The van der Waals surface area contributed by atoms with E-state index in [0.29, 0.717) is 11.0 Å². The van der Waals surface area contributed by atoms with Crippen LogP contribution in [0.4, 0.5) is 5.69 Å². The second kappa shape index (κ2) is 6.55. The summed E-state index contributed by atoms with van der Waals surface area (Å²) < 4.78 is 0. The van der Waals surface area contributed by atoms with E-state index in [1.54, 1.807) is 0 Å². The van der Waals surface area contributed by atoms with Crippen molar-refractivity contribution in [2.75, 3.05) is 31.6 Å². The van der Waals surface area contributed by atoms with E-state index >= 15 is 0 Å². The molecule has 2 N–H and O–H groups in total. The quantitative estimate of drug-likeness (QED) is 0.845. The minimum Gasteiger partial charge on any atom is -0.389 e. The van der Waals surface area contributed by atoms with Gasteiger partial charge in [0.1, 0.15) is 4.99 Å². The van der Waals surface area contributed by atoms with Gasteiger partial charge >= 0.3 is 0 Å². The Morgan fingerprint density at radius 2 is 2.25 bits per heavy atom. The van der Waals surface area contributed by atoms with Crippen molar-refractivity contribution in [2.24, 2.45) is 5.73 Å². The van der Waals surface area contributed by atoms with Gasteiger partial charge in [0.2, 0.25) is 0 Å². The van der Waals surface area contributed by atoms with E-state index < -0.39 is 0 Å². The maximum Gasteiger partial charge on any atom is 0.106 e. The number of rotatable bonds is 5. The summed E-state index contributed by atoms with van der Waals surface area (Å²) >= 11 is 5.20. The van der Waals surface area contributed by atoms with Crippen LogP contribution in [0.3, 0.4) is 0 Å². The van der Waals surface area contributed by atoms with Crippen LogP contribution < -0.4 is 10.6 Å². The normalized spacial score (nSPS) is 19.2.